The van der Waals surface area contributed by atoms with Crippen LogP contribution in [0.2, 0.25) is 0 Å². The molecule has 1 atom stereocenters. The third-order valence-electron chi connectivity index (χ3n) is 4.40. The number of hydrazine groups is 1. The first kappa shape index (κ1) is 18.8. The minimum Gasteiger partial charge on any atom is -0.268 e. The summed E-state index contributed by atoms with van der Waals surface area (Å²) < 4.78 is 0. The van der Waals surface area contributed by atoms with E-state index in [0.29, 0.717) is 16.4 Å². The highest BCUT2D eigenvalue weighted by atomic mass is 32.1. The van der Waals surface area contributed by atoms with E-state index in [2.05, 4.69) is 17.8 Å². The number of hydrogen-bond donors (Lipinski definition) is 2. The number of rotatable bonds is 4. The van der Waals surface area contributed by atoms with Crippen molar-refractivity contribution >= 4 is 34.9 Å². The maximum atomic E-state index is 12.2. The smallest absolute Gasteiger partial charge is 0.268 e. The largest absolute Gasteiger partial charge is 0.279 e. The molecule has 1 heterocycles. The second kappa shape index (κ2) is 8.13. The van der Waals surface area contributed by atoms with Crippen molar-refractivity contribution < 1.29 is 14.5 Å². The molecule has 0 bridgehead atoms. The number of aryl methyl sites for hydroxylation is 1. The molecule has 1 aromatic heterocycles. The van der Waals surface area contributed by atoms with Crippen LogP contribution < -0.4 is 10.9 Å². The Kier molecular flexibility index (Phi) is 5.66. The van der Waals surface area contributed by atoms with Crippen LogP contribution in [0, 0.1) is 16.0 Å². The summed E-state index contributed by atoms with van der Waals surface area (Å²) in [5.41, 5.74) is 6.11. The number of hydrogen-bond acceptors (Lipinski definition) is 5. The lowest BCUT2D eigenvalue weighted by atomic mass is 9.90. The Balaban J connectivity index is 1.58. The molecule has 1 aromatic carbocycles. The van der Waals surface area contributed by atoms with Gasteiger partial charge in [0.1, 0.15) is 0 Å². The van der Waals surface area contributed by atoms with Gasteiger partial charge in [0.25, 0.3) is 17.5 Å². The number of fused-ring (bicyclic) bond motifs is 1. The standard InChI is InChI=1S/C19H19N3O4S/c1-12-6-8-16-14(10-12)11-17(27-16)19(24)21-20-18(23)9-7-13-4-2-3-5-15(13)22(25)26/h2-5,7,9,11-12H,6,8,10H2,1H3,(H,20,23)(H,21,24)/b9-7+. The zero-order valence-electron chi connectivity index (χ0n) is 14.7. The molecule has 2 N–H and O–H groups in total. The fraction of sp³-hybridized carbons (Fsp3) is 0.263. The Morgan fingerprint density at radius 3 is 2.85 bits per heavy atom. The summed E-state index contributed by atoms with van der Waals surface area (Å²) in [6, 6.07) is 7.99. The molecule has 140 valence electrons. The van der Waals surface area contributed by atoms with E-state index in [1.807, 2.05) is 6.07 Å². The molecule has 0 saturated heterocycles. The van der Waals surface area contributed by atoms with Crippen molar-refractivity contribution in [3.8, 4) is 0 Å². The number of benzene rings is 1. The molecule has 8 heteroatoms. The summed E-state index contributed by atoms with van der Waals surface area (Å²) in [7, 11) is 0. The first-order valence-electron chi connectivity index (χ1n) is 8.57. The molecule has 7 nitrogen and oxygen atoms in total. The molecule has 0 radical (unpaired) electrons. The average molecular weight is 385 g/mol. The summed E-state index contributed by atoms with van der Waals surface area (Å²) in [5.74, 6) is -0.319. The molecule has 1 aliphatic rings. The Morgan fingerprint density at radius 1 is 1.30 bits per heavy atom. The van der Waals surface area contributed by atoms with Crippen LogP contribution in [0.3, 0.4) is 0 Å². The highest BCUT2D eigenvalue weighted by Crippen LogP contribution is 2.32. The highest BCUT2D eigenvalue weighted by molar-refractivity contribution is 7.14. The number of thiophene rings is 1. The first-order valence-corrected chi connectivity index (χ1v) is 9.39. The van der Waals surface area contributed by atoms with Gasteiger partial charge in [-0.15, -0.1) is 11.3 Å². The zero-order chi connectivity index (χ0) is 19.4. The number of nitro benzene ring substituents is 1. The van der Waals surface area contributed by atoms with Crippen LogP contribution >= 0.6 is 11.3 Å². The second-order valence-electron chi connectivity index (χ2n) is 6.50. The van der Waals surface area contributed by atoms with E-state index in [4.69, 9.17) is 0 Å². The monoisotopic (exact) mass is 385 g/mol. The van der Waals surface area contributed by atoms with Gasteiger partial charge in [-0.1, -0.05) is 19.1 Å². The van der Waals surface area contributed by atoms with E-state index in [1.54, 1.807) is 12.1 Å². The van der Waals surface area contributed by atoms with E-state index in [9.17, 15) is 19.7 Å². The predicted molar refractivity (Wildman–Crippen MR) is 103 cm³/mol. The zero-order valence-corrected chi connectivity index (χ0v) is 15.5. The summed E-state index contributed by atoms with van der Waals surface area (Å²) in [5, 5.41) is 11.0. The third kappa shape index (κ3) is 4.59. The second-order valence-corrected chi connectivity index (χ2v) is 7.64. The fourth-order valence-corrected chi connectivity index (χ4v) is 4.10. The molecule has 1 unspecified atom stereocenters. The number of amides is 2. The van der Waals surface area contributed by atoms with Gasteiger partial charge in [0, 0.05) is 17.0 Å². The van der Waals surface area contributed by atoms with Crippen molar-refractivity contribution in [3.63, 3.8) is 0 Å². The minimum atomic E-state index is -0.573. The maximum Gasteiger partial charge on any atom is 0.279 e. The Bertz CT molecular complexity index is 919. The lowest BCUT2D eigenvalue weighted by Gasteiger charge is -2.16. The molecule has 1 aliphatic carbocycles. The van der Waals surface area contributed by atoms with Crippen LogP contribution in [0.5, 0.6) is 0 Å². The van der Waals surface area contributed by atoms with E-state index in [0.717, 1.165) is 25.3 Å². The number of carbonyl (C=O) groups excluding carboxylic acids is 2. The van der Waals surface area contributed by atoms with Crippen molar-refractivity contribution in [2.24, 2.45) is 5.92 Å². The first-order chi connectivity index (χ1) is 12.9. The topological polar surface area (TPSA) is 101 Å². The van der Waals surface area contributed by atoms with E-state index >= 15 is 0 Å². The number of nitro groups is 1. The van der Waals surface area contributed by atoms with Gasteiger partial charge in [0.2, 0.25) is 0 Å². The van der Waals surface area contributed by atoms with Crippen molar-refractivity contribution in [2.75, 3.05) is 0 Å². The van der Waals surface area contributed by atoms with Gasteiger partial charge >= 0.3 is 0 Å². The van der Waals surface area contributed by atoms with Crippen LogP contribution in [0.25, 0.3) is 6.08 Å². The van der Waals surface area contributed by atoms with E-state index < -0.39 is 10.8 Å². The molecule has 2 aromatic rings. The molecule has 0 fully saturated rings. The van der Waals surface area contributed by atoms with Gasteiger partial charge in [0.05, 0.1) is 15.4 Å². The van der Waals surface area contributed by atoms with E-state index in [1.165, 1.54) is 40.0 Å². The van der Waals surface area contributed by atoms with Crippen molar-refractivity contribution in [3.05, 3.63) is 67.4 Å². The maximum absolute atomic E-state index is 12.2. The number of para-hydroxylation sites is 1. The number of nitrogens with one attached hydrogen (secondary N) is 2. The van der Waals surface area contributed by atoms with Crippen LogP contribution in [0.4, 0.5) is 5.69 Å². The van der Waals surface area contributed by atoms with Gasteiger partial charge in [-0.2, -0.15) is 0 Å². The molecular weight excluding hydrogens is 366 g/mol. The van der Waals surface area contributed by atoms with Gasteiger partial charge in [0.15, 0.2) is 0 Å². The lowest BCUT2D eigenvalue weighted by Crippen LogP contribution is -2.40. The van der Waals surface area contributed by atoms with Crippen LogP contribution in [0.1, 0.15) is 39.0 Å². The summed E-state index contributed by atoms with van der Waals surface area (Å²) >= 11 is 1.46. The summed E-state index contributed by atoms with van der Waals surface area (Å²) in [6.45, 7) is 2.20. The van der Waals surface area contributed by atoms with Crippen LogP contribution in [-0.2, 0) is 17.6 Å². The fourth-order valence-electron chi connectivity index (χ4n) is 3.00. The van der Waals surface area contributed by atoms with Crippen LogP contribution in [-0.4, -0.2) is 16.7 Å². The van der Waals surface area contributed by atoms with Gasteiger partial charge in [-0.25, -0.2) is 0 Å². The lowest BCUT2D eigenvalue weighted by molar-refractivity contribution is -0.385. The average Bonchev–Trinajstić information content (AvgIpc) is 3.07. The summed E-state index contributed by atoms with van der Waals surface area (Å²) in [4.78, 5) is 36.4. The molecular formula is C19H19N3O4S. The van der Waals surface area contributed by atoms with Crippen molar-refractivity contribution in [2.45, 2.75) is 26.2 Å². The van der Waals surface area contributed by atoms with Gasteiger partial charge in [-0.05, 0) is 49.0 Å². The van der Waals surface area contributed by atoms with Crippen LogP contribution in [0.15, 0.2) is 36.4 Å². The minimum absolute atomic E-state index is 0.0935. The molecule has 0 spiro atoms. The predicted octanol–water partition coefficient (Wildman–Crippen LogP) is 3.26. The molecule has 0 aliphatic heterocycles. The van der Waals surface area contributed by atoms with Crippen molar-refractivity contribution in [1.82, 2.24) is 10.9 Å². The number of nitrogens with zero attached hydrogens (tertiary/aromatic N) is 1. The highest BCUT2D eigenvalue weighted by Gasteiger charge is 2.20. The molecule has 2 amide bonds. The normalized spacial score (nSPS) is 16.0. The van der Waals surface area contributed by atoms with Gasteiger partial charge < -0.3 is 0 Å². The quantitative estimate of drug-likeness (QED) is 0.479. The molecule has 3 rings (SSSR count). The third-order valence-corrected chi connectivity index (χ3v) is 5.64. The van der Waals surface area contributed by atoms with E-state index in [-0.39, 0.29) is 11.6 Å². The molecule has 27 heavy (non-hydrogen) atoms. The Hall–Kier alpha value is -3.00. The Morgan fingerprint density at radius 2 is 2.07 bits per heavy atom. The molecule has 0 saturated carbocycles. The Labute approximate surface area is 160 Å². The number of carbonyl (C=O) groups is 2. The summed E-state index contributed by atoms with van der Waals surface area (Å²) in [6.07, 6.45) is 5.57. The van der Waals surface area contributed by atoms with Gasteiger partial charge in [-0.3, -0.25) is 30.6 Å². The SMILES string of the molecule is CC1CCc2sc(C(=O)NNC(=O)/C=C/c3ccccc3[N+](=O)[O-])cc2C1. The van der Waals surface area contributed by atoms with Crippen molar-refractivity contribution in [1.29, 1.82) is 0 Å².